The maximum atomic E-state index is 12.3. The number of ether oxygens (including phenoxy) is 1. The fraction of sp³-hybridized carbons (Fsp3) is 0.333. The van der Waals surface area contributed by atoms with Crippen LogP contribution in [0.15, 0.2) is 29.8 Å². The van der Waals surface area contributed by atoms with E-state index in [4.69, 9.17) is 0 Å². The monoisotopic (exact) mass is 344 g/mol. The minimum Gasteiger partial charge on any atom is -0.468 e. The summed E-state index contributed by atoms with van der Waals surface area (Å²) >= 11 is 1.57. The quantitative estimate of drug-likeness (QED) is 0.831. The van der Waals surface area contributed by atoms with Crippen molar-refractivity contribution >= 4 is 17.2 Å². The SMILES string of the molecule is Cc1ccsc1CN(C)C(=O)c1ccc(OCC(F)(F)F)nc1. The van der Waals surface area contributed by atoms with E-state index in [9.17, 15) is 18.0 Å². The number of amides is 1. The molecule has 2 heterocycles. The zero-order valence-corrected chi connectivity index (χ0v) is 13.4. The Morgan fingerprint density at radius 2 is 2.09 bits per heavy atom. The molecule has 0 aliphatic rings. The Morgan fingerprint density at radius 1 is 1.35 bits per heavy atom. The average molecular weight is 344 g/mol. The topological polar surface area (TPSA) is 42.4 Å². The molecule has 23 heavy (non-hydrogen) atoms. The van der Waals surface area contributed by atoms with Gasteiger partial charge >= 0.3 is 6.18 Å². The first-order valence-corrected chi connectivity index (χ1v) is 7.58. The van der Waals surface area contributed by atoms with Crippen LogP contribution in [0.4, 0.5) is 13.2 Å². The van der Waals surface area contributed by atoms with E-state index in [0.29, 0.717) is 12.1 Å². The number of carbonyl (C=O) groups excluding carboxylic acids is 1. The van der Waals surface area contributed by atoms with Gasteiger partial charge in [0.05, 0.1) is 12.1 Å². The van der Waals surface area contributed by atoms with E-state index in [2.05, 4.69) is 9.72 Å². The highest BCUT2D eigenvalue weighted by atomic mass is 32.1. The summed E-state index contributed by atoms with van der Waals surface area (Å²) in [7, 11) is 1.66. The van der Waals surface area contributed by atoms with Gasteiger partial charge in [0.2, 0.25) is 5.88 Å². The number of nitrogens with zero attached hydrogens (tertiary/aromatic N) is 2. The van der Waals surface area contributed by atoms with Gasteiger partial charge in [-0.25, -0.2) is 4.98 Å². The maximum absolute atomic E-state index is 12.3. The molecule has 0 atom stereocenters. The van der Waals surface area contributed by atoms with Crippen LogP contribution >= 0.6 is 11.3 Å². The van der Waals surface area contributed by atoms with Crippen LogP contribution < -0.4 is 4.74 Å². The van der Waals surface area contributed by atoms with E-state index < -0.39 is 12.8 Å². The number of hydrogen-bond acceptors (Lipinski definition) is 4. The van der Waals surface area contributed by atoms with Crippen molar-refractivity contribution in [1.29, 1.82) is 0 Å². The first-order valence-electron chi connectivity index (χ1n) is 6.70. The van der Waals surface area contributed by atoms with Gasteiger partial charge in [-0.3, -0.25) is 4.79 Å². The minimum absolute atomic E-state index is 0.171. The molecule has 0 aliphatic carbocycles. The molecule has 0 saturated carbocycles. The number of alkyl halides is 3. The van der Waals surface area contributed by atoms with E-state index in [1.165, 1.54) is 23.2 Å². The number of aromatic nitrogens is 1. The number of thiophene rings is 1. The first kappa shape index (κ1) is 17.3. The Kier molecular flexibility index (Phi) is 5.25. The van der Waals surface area contributed by atoms with Crippen molar-refractivity contribution in [2.75, 3.05) is 13.7 Å². The van der Waals surface area contributed by atoms with Crippen molar-refractivity contribution < 1.29 is 22.7 Å². The molecule has 2 rings (SSSR count). The summed E-state index contributed by atoms with van der Waals surface area (Å²) in [5, 5.41) is 1.96. The summed E-state index contributed by atoms with van der Waals surface area (Å²) in [5.74, 6) is -0.427. The summed E-state index contributed by atoms with van der Waals surface area (Å²) in [4.78, 5) is 18.6. The average Bonchev–Trinajstić information content (AvgIpc) is 2.89. The fourth-order valence-electron chi connectivity index (χ4n) is 1.82. The number of rotatable bonds is 5. The highest BCUT2D eigenvalue weighted by Crippen LogP contribution is 2.19. The lowest BCUT2D eigenvalue weighted by Gasteiger charge is -2.17. The molecular weight excluding hydrogens is 329 g/mol. The zero-order chi connectivity index (χ0) is 17.0. The molecule has 0 radical (unpaired) electrons. The van der Waals surface area contributed by atoms with Gasteiger partial charge in [-0.2, -0.15) is 13.2 Å². The van der Waals surface area contributed by atoms with Crippen LogP contribution in [0.1, 0.15) is 20.8 Å². The van der Waals surface area contributed by atoms with Crippen LogP contribution in [0.2, 0.25) is 0 Å². The largest absolute Gasteiger partial charge is 0.468 e. The number of pyridine rings is 1. The number of aryl methyl sites for hydroxylation is 1. The molecule has 0 saturated heterocycles. The summed E-state index contributed by atoms with van der Waals surface area (Å²) in [6, 6.07) is 4.63. The lowest BCUT2D eigenvalue weighted by atomic mass is 10.2. The standard InChI is InChI=1S/C15H15F3N2O2S/c1-10-5-6-23-12(10)8-20(2)14(21)11-3-4-13(19-7-11)22-9-15(16,17)18/h3-7H,8-9H2,1-2H3. The van der Waals surface area contributed by atoms with E-state index in [1.807, 2.05) is 18.4 Å². The first-order chi connectivity index (χ1) is 10.8. The van der Waals surface area contributed by atoms with E-state index >= 15 is 0 Å². The van der Waals surface area contributed by atoms with Gasteiger partial charge in [-0.05, 0) is 30.0 Å². The third-order valence-corrected chi connectivity index (χ3v) is 4.07. The van der Waals surface area contributed by atoms with Gasteiger partial charge in [0.15, 0.2) is 6.61 Å². The molecule has 8 heteroatoms. The summed E-state index contributed by atoms with van der Waals surface area (Å²) in [5.41, 5.74) is 1.41. The summed E-state index contributed by atoms with van der Waals surface area (Å²) in [6.45, 7) is 1.03. The van der Waals surface area contributed by atoms with Gasteiger partial charge in [-0.1, -0.05) is 0 Å². The molecular formula is C15H15F3N2O2S. The fourth-order valence-corrected chi connectivity index (χ4v) is 2.78. The van der Waals surface area contributed by atoms with Crippen LogP contribution in [-0.4, -0.2) is 35.6 Å². The van der Waals surface area contributed by atoms with Gasteiger partial charge in [0.25, 0.3) is 5.91 Å². The van der Waals surface area contributed by atoms with Crippen LogP contribution in [0.25, 0.3) is 0 Å². The highest BCUT2D eigenvalue weighted by molar-refractivity contribution is 7.10. The molecule has 0 unspecified atom stereocenters. The molecule has 0 N–H and O–H groups in total. The predicted octanol–water partition coefficient (Wildman–Crippen LogP) is 3.66. The van der Waals surface area contributed by atoms with Crippen molar-refractivity contribution in [3.05, 3.63) is 45.8 Å². The van der Waals surface area contributed by atoms with Crippen LogP contribution in [-0.2, 0) is 6.54 Å². The molecule has 124 valence electrons. The van der Waals surface area contributed by atoms with Crippen LogP contribution in [0.5, 0.6) is 5.88 Å². The predicted molar refractivity (Wildman–Crippen MR) is 80.6 cm³/mol. The molecule has 2 aromatic heterocycles. The van der Waals surface area contributed by atoms with Crippen molar-refractivity contribution in [2.45, 2.75) is 19.6 Å². The molecule has 4 nitrogen and oxygen atoms in total. The lowest BCUT2D eigenvalue weighted by Crippen LogP contribution is -2.26. The minimum atomic E-state index is -4.42. The van der Waals surface area contributed by atoms with Gasteiger partial charge in [0.1, 0.15) is 0 Å². The van der Waals surface area contributed by atoms with Gasteiger partial charge in [-0.15, -0.1) is 11.3 Å². The molecule has 2 aromatic rings. The van der Waals surface area contributed by atoms with Crippen molar-refractivity contribution in [1.82, 2.24) is 9.88 Å². The van der Waals surface area contributed by atoms with Gasteiger partial charge < -0.3 is 9.64 Å². The Morgan fingerprint density at radius 3 is 2.61 bits per heavy atom. The molecule has 0 bridgehead atoms. The zero-order valence-electron chi connectivity index (χ0n) is 12.6. The second-order valence-electron chi connectivity index (χ2n) is 4.98. The van der Waals surface area contributed by atoms with Crippen molar-refractivity contribution in [3.8, 4) is 5.88 Å². The Balaban J connectivity index is 1.98. The second kappa shape index (κ2) is 6.99. The van der Waals surface area contributed by atoms with E-state index in [1.54, 1.807) is 18.4 Å². The van der Waals surface area contributed by atoms with Crippen molar-refractivity contribution in [2.24, 2.45) is 0 Å². The third kappa shape index (κ3) is 4.95. The number of hydrogen-bond donors (Lipinski definition) is 0. The normalized spacial score (nSPS) is 11.3. The highest BCUT2D eigenvalue weighted by Gasteiger charge is 2.28. The van der Waals surface area contributed by atoms with E-state index in [0.717, 1.165) is 10.4 Å². The number of halogens is 3. The molecule has 0 fully saturated rings. The molecule has 1 amide bonds. The van der Waals surface area contributed by atoms with Crippen molar-refractivity contribution in [3.63, 3.8) is 0 Å². The molecule has 0 spiro atoms. The summed E-state index contributed by atoms with van der Waals surface area (Å²) in [6.07, 6.45) is -3.21. The molecule has 0 aromatic carbocycles. The lowest BCUT2D eigenvalue weighted by molar-refractivity contribution is -0.154. The third-order valence-electron chi connectivity index (χ3n) is 3.06. The smallest absolute Gasteiger partial charge is 0.422 e. The second-order valence-corrected chi connectivity index (χ2v) is 5.98. The Labute approximate surface area is 135 Å². The van der Waals surface area contributed by atoms with Crippen LogP contribution in [0, 0.1) is 6.92 Å². The molecule has 0 aliphatic heterocycles. The van der Waals surface area contributed by atoms with E-state index in [-0.39, 0.29) is 11.8 Å². The maximum Gasteiger partial charge on any atom is 0.422 e. The Hall–Kier alpha value is -2.09. The summed E-state index contributed by atoms with van der Waals surface area (Å²) < 4.78 is 40.7. The van der Waals surface area contributed by atoms with Gasteiger partial charge in [0, 0.05) is 24.2 Å². The number of carbonyl (C=O) groups is 1. The van der Waals surface area contributed by atoms with Crippen LogP contribution in [0.3, 0.4) is 0 Å². The Bertz CT molecular complexity index is 668.